The Morgan fingerprint density at radius 1 is 1.19 bits per heavy atom. The second-order valence-electron chi connectivity index (χ2n) is 6.40. The van der Waals surface area contributed by atoms with E-state index in [2.05, 4.69) is 15.3 Å². The molecule has 3 rings (SSSR count). The average molecular weight is 418 g/mol. The summed E-state index contributed by atoms with van der Waals surface area (Å²) in [4.78, 5) is 20.4. The van der Waals surface area contributed by atoms with Gasteiger partial charge >= 0.3 is 6.18 Å². The van der Waals surface area contributed by atoms with Crippen LogP contribution in [0.1, 0.15) is 53.2 Å². The molecule has 2 aromatic rings. The number of hydrogen-bond donors (Lipinski definition) is 1. The molecule has 0 aliphatic heterocycles. The molecule has 2 atom stereocenters. The first-order valence-electron chi connectivity index (χ1n) is 8.41. The van der Waals surface area contributed by atoms with Gasteiger partial charge < -0.3 is 5.32 Å². The third-order valence-corrected chi connectivity index (χ3v) is 5.24. The smallest absolute Gasteiger partial charge is 0.349 e. The van der Waals surface area contributed by atoms with Crippen LogP contribution in [-0.4, -0.2) is 21.9 Å². The molecule has 1 aliphatic rings. The Hall–Kier alpha value is -1.86. The number of pyridine rings is 2. The third kappa shape index (κ3) is 4.52. The van der Waals surface area contributed by atoms with E-state index in [-0.39, 0.29) is 33.6 Å². The average Bonchev–Trinajstić information content (AvgIpc) is 2.62. The molecule has 2 heterocycles. The minimum atomic E-state index is -4.51. The molecule has 0 radical (unpaired) electrons. The van der Waals surface area contributed by atoms with E-state index in [4.69, 9.17) is 23.2 Å². The molecule has 4 nitrogen and oxygen atoms in total. The van der Waals surface area contributed by atoms with Gasteiger partial charge in [-0.3, -0.25) is 9.78 Å². The van der Waals surface area contributed by atoms with Crippen LogP contribution in [0.25, 0.3) is 0 Å². The number of amides is 1. The third-order valence-electron chi connectivity index (χ3n) is 4.63. The Bertz CT molecular complexity index is 845. The topological polar surface area (TPSA) is 54.9 Å². The van der Waals surface area contributed by atoms with Gasteiger partial charge in [0.1, 0.15) is 5.15 Å². The zero-order chi connectivity index (χ0) is 19.6. The van der Waals surface area contributed by atoms with Crippen molar-refractivity contribution in [1.82, 2.24) is 15.3 Å². The van der Waals surface area contributed by atoms with Crippen molar-refractivity contribution >= 4 is 29.1 Å². The molecule has 0 aromatic carbocycles. The molecule has 1 fully saturated rings. The second kappa shape index (κ2) is 8.02. The predicted molar refractivity (Wildman–Crippen MR) is 96.0 cm³/mol. The first-order chi connectivity index (χ1) is 12.8. The summed E-state index contributed by atoms with van der Waals surface area (Å²) in [6.45, 7) is 0. The van der Waals surface area contributed by atoms with E-state index in [0.29, 0.717) is 18.5 Å². The summed E-state index contributed by atoms with van der Waals surface area (Å²) in [5.74, 6) is -0.652. The van der Waals surface area contributed by atoms with Crippen LogP contribution in [0.15, 0.2) is 30.6 Å². The fourth-order valence-electron chi connectivity index (χ4n) is 3.31. The molecule has 144 valence electrons. The lowest BCUT2D eigenvalue weighted by atomic mass is 9.82. The highest BCUT2D eigenvalue weighted by Crippen LogP contribution is 2.38. The summed E-state index contributed by atoms with van der Waals surface area (Å²) in [6, 6.07) is 3.75. The summed E-state index contributed by atoms with van der Waals surface area (Å²) in [5, 5.41) is 2.96. The number of nitrogens with zero attached hydrogens (tertiary/aromatic N) is 2. The predicted octanol–water partition coefficient (Wildman–Crippen LogP) is 5.26. The number of halogens is 5. The second-order valence-corrected chi connectivity index (χ2v) is 7.17. The summed E-state index contributed by atoms with van der Waals surface area (Å²) < 4.78 is 38.5. The van der Waals surface area contributed by atoms with Crippen LogP contribution in [0.3, 0.4) is 0 Å². The quantitative estimate of drug-likeness (QED) is 0.692. The molecule has 0 spiro atoms. The van der Waals surface area contributed by atoms with Crippen molar-refractivity contribution in [3.63, 3.8) is 0 Å². The first-order valence-corrected chi connectivity index (χ1v) is 9.17. The molecule has 0 bridgehead atoms. The van der Waals surface area contributed by atoms with Gasteiger partial charge in [0.05, 0.1) is 21.8 Å². The zero-order valence-electron chi connectivity index (χ0n) is 14.1. The van der Waals surface area contributed by atoms with Crippen molar-refractivity contribution in [2.24, 2.45) is 0 Å². The maximum atomic E-state index is 12.8. The fraction of sp³-hybridized carbons (Fsp3) is 0.389. The maximum Gasteiger partial charge on any atom is 0.417 e. The van der Waals surface area contributed by atoms with Gasteiger partial charge in [0, 0.05) is 24.4 Å². The highest BCUT2D eigenvalue weighted by Gasteiger charge is 2.34. The van der Waals surface area contributed by atoms with Gasteiger partial charge in [0.15, 0.2) is 0 Å². The monoisotopic (exact) mass is 417 g/mol. The van der Waals surface area contributed by atoms with Crippen LogP contribution in [-0.2, 0) is 6.18 Å². The number of rotatable bonds is 3. The molecule has 1 N–H and O–H groups in total. The van der Waals surface area contributed by atoms with Gasteiger partial charge in [0.2, 0.25) is 0 Å². The molecular weight excluding hydrogens is 402 g/mol. The highest BCUT2D eigenvalue weighted by atomic mass is 35.5. The largest absolute Gasteiger partial charge is 0.417 e. The summed E-state index contributed by atoms with van der Waals surface area (Å²) in [5.41, 5.74) is -0.281. The summed E-state index contributed by atoms with van der Waals surface area (Å²) in [7, 11) is 0. The lowest BCUT2D eigenvalue weighted by Gasteiger charge is -2.32. The fourth-order valence-corrected chi connectivity index (χ4v) is 3.82. The molecule has 1 aliphatic carbocycles. The van der Waals surface area contributed by atoms with E-state index < -0.39 is 11.7 Å². The van der Waals surface area contributed by atoms with Gasteiger partial charge in [-0.25, -0.2) is 4.98 Å². The van der Waals surface area contributed by atoms with Crippen molar-refractivity contribution < 1.29 is 18.0 Å². The summed E-state index contributed by atoms with van der Waals surface area (Å²) >= 11 is 12.1. The Kier molecular flexibility index (Phi) is 5.91. The van der Waals surface area contributed by atoms with Crippen molar-refractivity contribution in [2.45, 2.75) is 43.8 Å². The van der Waals surface area contributed by atoms with E-state index >= 15 is 0 Å². The standard InChI is InChI=1S/C18H16Cl2F3N3O/c19-13-8-10(18(21,22)23)9-25-15(13)11-4-1-2-6-14(11)26-17(27)12-5-3-7-24-16(12)20/h3,5,7-9,11,14H,1-2,4,6H2,(H,26,27). The molecule has 1 amide bonds. The zero-order valence-corrected chi connectivity index (χ0v) is 15.6. The van der Waals surface area contributed by atoms with Gasteiger partial charge in [-0.1, -0.05) is 36.0 Å². The summed E-state index contributed by atoms with van der Waals surface area (Å²) in [6.07, 6.45) is 0.870. The Labute approximate surface area is 164 Å². The number of hydrogen-bond acceptors (Lipinski definition) is 3. The first kappa shape index (κ1) is 19.9. The van der Waals surface area contributed by atoms with Crippen molar-refractivity contribution in [3.05, 3.63) is 57.6 Å². The van der Waals surface area contributed by atoms with Crippen LogP contribution < -0.4 is 5.32 Å². The van der Waals surface area contributed by atoms with Crippen molar-refractivity contribution in [1.29, 1.82) is 0 Å². The van der Waals surface area contributed by atoms with Crippen LogP contribution in [0.4, 0.5) is 13.2 Å². The molecule has 1 saturated carbocycles. The van der Waals surface area contributed by atoms with Crippen molar-refractivity contribution in [2.75, 3.05) is 0 Å². The Morgan fingerprint density at radius 3 is 2.59 bits per heavy atom. The van der Waals surface area contributed by atoms with Crippen LogP contribution in [0.2, 0.25) is 10.2 Å². The number of alkyl halides is 3. The van der Waals surface area contributed by atoms with Gasteiger partial charge in [-0.15, -0.1) is 0 Å². The number of carbonyl (C=O) groups excluding carboxylic acids is 1. The Balaban J connectivity index is 1.84. The van der Waals surface area contributed by atoms with E-state index in [1.807, 2.05) is 0 Å². The van der Waals surface area contributed by atoms with E-state index in [9.17, 15) is 18.0 Å². The Morgan fingerprint density at radius 2 is 1.93 bits per heavy atom. The molecule has 0 saturated heterocycles. The lowest BCUT2D eigenvalue weighted by molar-refractivity contribution is -0.137. The van der Waals surface area contributed by atoms with Crippen LogP contribution in [0, 0.1) is 0 Å². The van der Waals surface area contributed by atoms with E-state index in [1.54, 1.807) is 12.1 Å². The molecule has 27 heavy (non-hydrogen) atoms. The minimum Gasteiger partial charge on any atom is -0.349 e. The van der Waals surface area contributed by atoms with Crippen LogP contribution >= 0.6 is 23.2 Å². The molecular formula is C18H16Cl2F3N3O. The number of aromatic nitrogens is 2. The van der Waals surface area contributed by atoms with Gasteiger partial charge in [-0.2, -0.15) is 13.2 Å². The maximum absolute atomic E-state index is 12.8. The molecule has 2 unspecified atom stereocenters. The van der Waals surface area contributed by atoms with Crippen LogP contribution in [0.5, 0.6) is 0 Å². The molecule has 2 aromatic heterocycles. The normalized spacial score (nSPS) is 20.3. The lowest BCUT2D eigenvalue weighted by Crippen LogP contribution is -2.41. The van der Waals surface area contributed by atoms with Crippen molar-refractivity contribution in [3.8, 4) is 0 Å². The minimum absolute atomic E-state index is 0.0459. The van der Waals surface area contributed by atoms with Gasteiger partial charge in [-0.05, 0) is 31.0 Å². The number of nitrogens with one attached hydrogen (secondary N) is 1. The number of carbonyl (C=O) groups is 1. The van der Waals surface area contributed by atoms with E-state index in [0.717, 1.165) is 25.1 Å². The van der Waals surface area contributed by atoms with Gasteiger partial charge in [0.25, 0.3) is 5.91 Å². The van der Waals surface area contributed by atoms with E-state index in [1.165, 1.54) is 6.20 Å². The SMILES string of the molecule is O=C(NC1CCCCC1c1ncc(C(F)(F)F)cc1Cl)c1cccnc1Cl. The highest BCUT2D eigenvalue weighted by molar-refractivity contribution is 6.32. The molecule has 9 heteroatoms.